The van der Waals surface area contributed by atoms with Crippen LogP contribution in [0, 0.1) is 17.7 Å². The van der Waals surface area contributed by atoms with Crippen LogP contribution < -0.4 is 9.47 Å². The fourth-order valence-electron chi connectivity index (χ4n) is 4.23. The van der Waals surface area contributed by atoms with Crippen LogP contribution in [0.1, 0.15) is 23.2 Å². The zero-order valence-corrected chi connectivity index (χ0v) is 14.7. The van der Waals surface area contributed by atoms with E-state index in [0.717, 1.165) is 19.4 Å². The van der Waals surface area contributed by atoms with Crippen LogP contribution in [0.25, 0.3) is 0 Å². The molecule has 4 rings (SSSR count). The second-order valence-electron chi connectivity index (χ2n) is 7.03. The van der Waals surface area contributed by atoms with E-state index in [1.807, 2.05) is 17.0 Å². The SMILES string of the molecule is COc1ccccc1C(=O)N1C[C@@H]2CC[C@H](Oc3cccc(F)c3)[C@@H]2C1. The summed E-state index contributed by atoms with van der Waals surface area (Å²) >= 11 is 0. The molecule has 2 aromatic rings. The second kappa shape index (κ2) is 6.98. The minimum absolute atomic E-state index is 0.00126. The highest BCUT2D eigenvalue weighted by molar-refractivity contribution is 5.97. The maximum Gasteiger partial charge on any atom is 0.257 e. The first-order chi connectivity index (χ1) is 12.7. The molecule has 1 aliphatic heterocycles. The van der Waals surface area contributed by atoms with Gasteiger partial charge in [-0.1, -0.05) is 18.2 Å². The molecule has 2 aliphatic rings. The number of likely N-dealkylation sites (tertiary alicyclic amines) is 1. The van der Waals surface area contributed by atoms with E-state index in [-0.39, 0.29) is 23.7 Å². The lowest BCUT2D eigenvalue weighted by Crippen LogP contribution is -2.32. The Bertz CT molecular complexity index is 809. The van der Waals surface area contributed by atoms with E-state index in [1.165, 1.54) is 12.1 Å². The number of ether oxygens (including phenoxy) is 2. The van der Waals surface area contributed by atoms with Gasteiger partial charge in [0.25, 0.3) is 5.91 Å². The fourth-order valence-corrected chi connectivity index (χ4v) is 4.23. The highest BCUT2D eigenvalue weighted by Crippen LogP contribution is 2.41. The molecule has 1 aliphatic carbocycles. The van der Waals surface area contributed by atoms with Gasteiger partial charge in [-0.25, -0.2) is 4.39 Å². The second-order valence-corrected chi connectivity index (χ2v) is 7.03. The van der Waals surface area contributed by atoms with Crippen molar-refractivity contribution >= 4 is 5.91 Å². The zero-order chi connectivity index (χ0) is 18.1. The first-order valence-corrected chi connectivity index (χ1v) is 9.00. The largest absolute Gasteiger partial charge is 0.496 e. The molecule has 0 radical (unpaired) electrons. The van der Waals surface area contributed by atoms with Gasteiger partial charge in [0.1, 0.15) is 23.4 Å². The Morgan fingerprint density at radius 1 is 1.12 bits per heavy atom. The number of halogens is 1. The molecule has 0 bridgehead atoms. The molecular formula is C21H22FNO3. The first-order valence-electron chi connectivity index (χ1n) is 9.00. The number of hydrogen-bond donors (Lipinski definition) is 0. The highest BCUT2D eigenvalue weighted by Gasteiger charge is 2.45. The average Bonchev–Trinajstić information content (AvgIpc) is 3.23. The van der Waals surface area contributed by atoms with Crippen molar-refractivity contribution in [3.05, 3.63) is 59.9 Å². The number of nitrogens with zero attached hydrogens (tertiary/aromatic N) is 1. The zero-order valence-electron chi connectivity index (χ0n) is 14.7. The average molecular weight is 355 g/mol. The first kappa shape index (κ1) is 16.9. The standard InChI is InChI=1S/C21H22FNO3/c1-25-19-8-3-2-7-17(19)21(24)23-12-14-9-10-20(18(14)13-23)26-16-6-4-5-15(22)11-16/h2-8,11,14,18,20H,9-10,12-13H2,1H3/t14-,18+,20-/m0/s1. The summed E-state index contributed by atoms with van der Waals surface area (Å²) in [6.07, 6.45) is 2.00. The summed E-state index contributed by atoms with van der Waals surface area (Å²) < 4.78 is 24.8. The van der Waals surface area contributed by atoms with Crippen molar-refractivity contribution in [1.29, 1.82) is 0 Å². The lowest BCUT2D eigenvalue weighted by Gasteiger charge is -2.22. The fraction of sp³-hybridized carbons (Fsp3) is 0.381. The maximum absolute atomic E-state index is 13.4. The Morgan fingerprint density at radius 3 is 2.77 bits per heavy atom. The van der Waals surface area contributed by atoms with Crippen molar-refractivity contribution in [2.24, 2.45) is 11.8 Å². The van der Waals surface area contributed by atoms with Crippen LogP contribution in [0.2, 0.25) is 0 Å². The third kappa shape index (κ3) is 3.14. The molecule has 2 aromatic carbocycles. The number of fused-ring (bicyclic) bond motifs is 1. The lowest BCUT2D eigenvalue weighted by molar-refractivity contribution is 0.0759. The number of hydrogen-bond acceptors (Lipinski definition) is 3. The number of rotatable bonds is 4. The van der Waals surface area contributed by atoms with Crippen molar-refractivity contribution in [1.82, 2.24) is 4.90 Å². The van der Waals surface area contributed by atoms with Gasteiger partial charge in [-0.15, -0.1) is 0 Å². The number of carbonyl (C=O) groups excluding carboxylic acids is 1. The highest BCUT2D eigenvalue weighted by atomic mass is 19.1. The molecule has 136 valence electrons. The number of para-hydroxylation sites is 1. The molecule has 1 amide bonds. The molecule has 4 nitrogen and oxygen atoms in total. The summed E-state index contributed by atoms with van der Waals surface area (Å²) in [6.45, 7) is 1.41. The number of amides is 1. The predicted molar refractivity (Wildman–Crippen MR) is 95.9 cm³/mol. The van der Waals surface area contributed by atoms with Crippen molar-refractivity contribution in [2.75, 3.05) is 20.2 Å². The summed E-state index contributed by atoms with van der Waals surface area (Å²) in [5.74, 6) is 1.59. The molecule has 1 saturated carbocycles. The lowest BCUT2D eigenvalue weighted by atomic mass is 9.99. The van der Waals surface area contributed by atoms with Gasteiger partial charge < -0.3 is 14.4 Å². The van der Waals surface area contributed by atoms with E-state index in [2.05, 4.69) is 0 Å². The molecule has 0 spiro atoms. The van der Waals surface area contributed by atoms with E-state index in [0.29, 0.717) is 29.5 Å². The smallest absolute Gasteiger partial charge is 0.257 e. The van der Waals surface area contributed by atoms with Gasteiger partial charge in [0.05, 0.1) is 12.7 Å². The van der Waals surface area contributed by atoms with Gasteiger partial charge in [-0.2, -0.15) is 0 Å². The van der Waals surface area contributed by atoms with Crippen LogP contribution >= 0.6 is 0 Å². The van der Waals surface area contributed by atoms with Crippen molar-refractivity contribution in [3.8, 4) is 11.5 Å². The molecular weight excluding hydrogens is 333 g/mol. The third-order valence-electron chi connectivity index (χ3n) is 5.50. The van der Waals surface area contributed by atoms with Crippen molar-refractivity contribution in [3.63, 3.8) is 0 Å². The number of methoxy groups -OCH3 is 1. The quantitative estimate of drug-likeness (QED) is 0.838. The molecule has 1 saturated heterocycles. The molecule has 0 N–H and O–H groups in total. The molecule has 0 unspecified atom stereocenters. The van der Waals surface area contributed by atoms with Crippen LogP contribution in [0.5, 0.6) is 11.5 Å². The normalized spacial score (nSPS) is 24.4. The Balaban J connectivity index is 1.46. The van der Waals surface area contributed by atoms with E-state index in [9.17, 15) is 9.18 Å². The van der Waals surface area contributed by atoms with Crippen LogP contribution in [0.3, 0.4) is 0 Å². The van der Waals surface area contributed by atoms with Gasteiger partial charge in [-0.3, -0.25) is 4.79 Å². The summed E-state index contributed by atoms with van der Waals surface area (Å²) in [5, 5.41) is 0. The van der Waals surface area contributed by atoms with Gasteiger partial charge in [0, 0.05) is 25.1 Å². The van der Waals surface area contributed by atoms with E-state index in [1.54, 1.807) is 31.4 Å². The van der Waals surface area contributed by atoms with Crippen LogP contribution in [-0.4, -0.2) is 37.1 Å². The maximum atomic E-state index is 13.4. The Morgan fingerprint density at radius 2 is 1.96 bits per heavy atom. The van der Waals surface area contributed by atoms with Crippen LogP contribution in [0.4, 0.5) is 4.39 Å². The van der Waals surface area contributed by atoms with E-state index < -0.39 is 0 Å². The van der Waals surface area contributed by atoms with Gasteiger partial charge in [0.2, 0.25) is 0 Å². The Kier molecular flexibility index (Phi) is 4.53. The topological polar surface area (TPSA) is 38.8 Å². The minimum atomic E-state index is -0.295. The molecule has 3 atom stereocenters. The van der Waals surface area contributed by atoms with Gasteiger partial charge in [0.15, 0.2) is 0 Å². The number of benzene rings is 2. The summed E-state index contributed by atoms with van der Waals surface area (Å²) in [4.78, 5) is 14.8. The number of carbonyl (C=O) groups is 1. The summed E-state index contributed by atoms with van der Waals surface area (Å²) in [6, 6.07) is 13.6. The van der Waals surface area contributed by atoms with Crippen LogP contribution in [0.15, 0.2) is 48.5 Å². The van der Waals surface area contributed by atoms with Crippen LogP contribution in [-0.2, 0) is 0 Å². The molecule has 1 heterocycles. The molecule has 26 heavy (non-hydrogen) atoms. The monoisotopic (exact) mass is 355 g/mol. The molecule has 0 aromatic heterocycles. The third-order valence-corrected chi connectivity index (χ3v) is 5.50. The van der Waals surface area contributed by atoms with Crippen molar-refractivity contribution < 1.29 is 18.7 Å². The minimum Gasteiger partial charge on any atom is -0.496 e. The van der Waals surface area contributed by atoms with E-state index in [4.69, 9.17) is 9.47 Å². The summed E-state index contributed by atoms with van der Waals surface area (Å²) in [7, 11) is 1.58. The van der Waals surface area contributed by atoms with Crippen molar-refractivity contribution in [2.45, 2.75) is 18.9 Å². The predicted octanol–water partition coefficient (Wildman–Crippen LogP) is 3.76. The summed E-state index contributed by atoms with van der Waals surface area (Å²) in [5.41, 5.74) is 0.595. The van der Waals surface area contributed by atoms with Gasteiger partial charge in [-0.05, 0) is 43.0 Å². The molecule has 2 fully saturated rings. The Hall–Kier alpha value is -2.56. The van der Waals surface area contributed by atoms with Gasteiger partial charge >= 0.3 is 0 Å². The van der Waals surface area contributed by atoms with E-state index >= 15 is 0 Å². The molecule has 5 heteroatoms. The Labute approximate surface area is 152 Å².